The third kappa shape index (κ3) is 5.01. The molecule has 1 N–H and O–H groups in total. The lowest BCUT2D eigenvalue weighted by molar-refractivity contribution is -0.113. The molecule has 8 nitrogen and oxygen atoms in total. The number of amidine groups is 1. The van der Waals surface area contributed by atoms with Crippen LogP contribution in [0.2, 0.25) is 0 Å². The fraction of sp³-hybridized carbons (Fsp3) is 0.0667. The molecule has 188 valence electrons. The topological polar surface area (TPSA) is 93.1 Å². The second-order valence-electron chi connectivity index (χ2n) is 8.29. The summed E-state index contributed by atoms with van der Waals surface area (Å²) in [6.45, 7) is 0. The summed E-state index contributed by atoms with van der Waals surface area (Å²) in [4.78, 5) is 37.0. The van der Waals surface area contributed by atoms with Gasteiger partial charge in [-0.3, -0.25) is 19.5 Å². The summed E-state index contributed by atoms with van der Waals surface area (Å²) >= 11 is 0. The molecule has 2 heterocycles. The molecule has 2 amide bonds. The molecule has 0 spiro atoms. The van der Waals surface area contributed by atoms with Crippen molar-refractivity contribution in [1.82, 2.24) is 4.98 Å². The van der Waals surface area contributed by atoms with E-state index in [2.05, 4.69) is 15.3 Å². The first kappa shape index (κ1) is 24.5. The number of hydrogen-bond donors (Lipinski definition) is 1. The molecule has 0 fully saturated rings. The van der Waals surface area contributed by atoms with Crippen molar-refractivity contribution in [1.29, 1.82) is 0 Å². The van der Waals surface area contributed by atoms with Crippen LogP contribution in [0.25, 0.3) is 6.08 Å². The molecule has 0 saturated heterocycles. The van der Waals surface area contributed by atoms with E-state index in [0.29, 0.717) is 40.0 Å². The summed E-state index contributed by atoms with van der Waals surface area (Å²) in [7, 11) is 3.08. The maximum Gasteiger partial charge on any atom is 0.282 e. The van der Waals surface area contributed by atoms with Gasteiger partial charge in [0.05, 0.1) is 31.3 Å². The SMILES string of the molecule is COc1ccc(OC)c(NC(=O)c2ccc(N3C(=O)/C(=C/c4ccccn4)N=C3c3ccccc3)cc2)c1. The number of rotatable bonds is 7. The van der Waals surface area contributed by atoms with Gasteiger partial charge in [0.2, 0.25) is 0 Å². The van der Waals surface area contributed by atoms with Crippen LogP contribution in [0.3, 0.4) is 0 Å². The van der Waals surface area contributed by atoms with E-state index in [9.17, 15) is 9.59 Å². The molecule has 0 aliphatic carbocycles. The van der Waals surface area contributed by atoms with Crippen LogP contribution < -0.4 is 19.7 Å². The standard InChI is InChI=1S/C30H24N4O4/c1-37-24-15-16-27(38-2)25(19-24)33-29(35)21-11-13-23(14-12-21)34-28(20-8-4-3-5-9-20)32-26(30(34)36)18-22-10-6-7-17-31-22/h3-19H,1-2H3,(H,33,35)/b26-18-. The summed E-state index contributed by atoms with van der Waals surface area (Å²) in [5, 5.41) is 2.85. The first-order valence-corrected chi connectivity index (χ1v) is 11.8. The van der Waals surface area contributed by atoms with Crippen molar-refractivity contribution in [3.63, 3.8) is 0 Å². The van der Waals surface area contributed by atoms with Gasteiger partial charge in [0.25, 0.3) is 11.8 Å². The largest absolute Gasteiger partial charge is 0.497 e. The summed E-state index contributed by atoms with van der Waals surface area (Å²) in [5.41, 5.74) is 3.17. The van der Waals surface area contributed by atoms with Crippen molar-refractivity contribution in [2.24, 2.45) is 4.99 Å². The number of pyridine rings is 1. The molecule has 38 heavy (non-hydrogen) atoms. The summed E-state index contributed by atoms with van der Waals surface area (Å²) in [5.74, 6) is 0.980. The Kier molecular flexibility index (Phi) is 6.95. The lowest BCUT2D eigenvalue weighted by Gasteiger charge is -2.19. The molecule has 0 radical (unpaired) electrons. The van der Waals surface area contributed by atoms with Gasteiger partial charge in [-0.2, -0.15) is 0 Å². The number of nitrogens with zero attached hydrogens (tertiary/aromatic N) is 3. The minimum atomic E-state index is -0.330. The van der Waals surface area contributed by atoms with Crippen LogP contribution >= 0.6 is 0 Å². The first-order valence-electron chi connectivity index (χ1n) is 11.8. The fourth-order valence-corrected chi connectivity index (χ4v) is 4.01. The van der Waals surface area contributed by atoms with Crippen LogP contribution in [0.5, 0.6) is 11.5 Å². The Bertz CT molecular complexity index is 1530. The first-order chi connectivity index (χ1) is 18.6. The predicted octanol–water partition coefficient (Wildman–Crippen LogP) is 5.19. The van der Waals surface area contributed by atoms with E-state index in [1.165, 1.54) is 12.0 Å². The number of benzene rings is 3. The second kappa shape index (κ2) is 10.8. The Morgan fingerprint density at radius 1 is 0.895 bits per heavy atom. The molecule has 5 rings (SSSR count). The monoisotopic (exact) mass is 504 g/mol. The van der Waals surface area contributed by atoms with Crippen molar-refractivity contribution >= 4 is 35.1 Å². The normalized spacial score (nSPS) is 13.8. The fourth-order valence-electron chi connectivity index (χ4n) is 4.01. The van der Waals surface area contributed by atoms with Gasteiger partial charge in [-0.1, -0.05) is 36.4 Å². The van der Waals surface area contributed by atoms with Gasteiger partial charge in [-0.25, -0.2) is 4.99 Å². The number of ether oxygens (including phenoxy) is 2. The summed E-state index contributed by atoms with van der Waals surface area (Å²) in [6.07, 6.45) is 3.32. The van der Waals surface area contributed by atoms with E-state index < -0.39 is 0 Å². The van der Waals surface area contributed by atoms with Crippen molar-refractivity contribution in [3.05, 3.63) is 120 Å². The molecule has 0 saturated carbocycles. The molecule has 8 heteroatoms. The number of carbonyl (C=O) groups excluding carboxylic acids is 2. The van der Waals surface area contributed by atoms with Crippen molar-refractivity contribution in [2.45, 2.75) is 0 Å². The maximum absolute atomic E-state index is 13.5. The lowest BCUT2D eigenvalue weighted by atomic mass is 10.1. The molecule has 0 bridgehead atoms. The lowest BCUT2D eigenvalue weighted by Crippen LogP contribution is -2.32. The highest BCUT2D eigenvalue weighted by Crippen LogP contribution is 2.31. The van der Waals surface area contributed by atoms with Crippen LogP contribution in [-0.2, 0) is 4.79 Å². The quantitative estimate of drug-likeness (QED) is 0.350. The molecule has 0 unspecified atom stereocenters. The molecular formula is C30H24N4O4. The minimum absolute atomic E-state index is 0.273. The Hall–Kier alpha value is -5.24. The van der Waals surface area contributed by atoms with Crippen LogP contribution in [0.4, 0.5) is 11.4 Å². The van der Waals surface area contributed by atoms with Crippen LogP contribution in [0, 0.1) is 0 Å². The van der Waals surface area contributed by atoms with E-state index >= 15 is 0 Å². The molecule has 1 aliphatic rings. The molecule has 0 atom stereocenters. The third-order valence-corrected chi connectivity index (χ3v) is 5.91. The Morgan fingerprint density at radius 3 is 2.34 bits per heavy atom. The highest BCUT2D eigenvalue weighted by molar-refractivity contribution is 6.33. The van der Waals surface area contributed by atoms with Crippen LogP contribution in [0.15, 0.2) is 108 Å². The van der Waals surface area contributed by atoms with Crippen molar-refractivity contribution in [3.8, 4) is 11.5 Å². The number of aromatic nitrogens is 1. The number of amides is 2. The molecule has 4 aromatic rings. The van der Waals surface area contributed by atoms with Gasteiger partial charge in [0, 0.05) is 23.4 Å². The van der Waals surface area contributed by atoms with Crippen LogP contribution in [-0.4, -0.2) is 36.9 Å². The third-order valence-electron chi connectivity index (χ3n) is 5.91. The number of aliphatic imine (C=N–C) groups is 1. The summed E-state index contributed by atoms with van der Waals surface area (Å²) in [6, 6.07) is 26.9. The molecule has 1 aromatic heterocycles. The summed E-state index contributed by atoms with van der Waals surface area (Å²) < 4.78 is 10.6. The van der Waals surface area contributed by atoms with E-state index in [1.54, 1.807) is 61.8 Å². The van der Waals surface area contributed by atoms with Gasteiger partial charge in [-0.05, 0) is 54.6 Å². The Balaban J connectivity index is 1.44. The van der Waals surface area contributed by atoms with E-state index in [-0.39, 0.29) is 17.5 Å². The Morgan fingerprint density at radius 2 is 1.66 bits per heavy atom. The van der Waals surface area contributed by atoms with Gasteiger partial charge in [0.15, 0.2) is 0 Å². The van der Waals surface area contributed by atoms with Crippen LogP contribution in [0.1, 0.15) is 21.6 Å². The van der Waals surface area contributed by atoms with Gasteiger partial charge in [0.1, 0.15) is 23.0 Å². The highest BCUT2D eigenvalue weighted by atomic mass is 16.5. The van der Waals surface area contributed by atoms with E-state index in [4.69, 9.17) is 9.47 Å². The number of anilines is 2. The number of nitrogens with one attached hydrogen (secondary N) is 1. The van der Waals surface area contributed by atoms with Crippen molar-refractivity contribution < 1.29 is 19.1 Å². The number of carbonyl (C=O) groups is 2. The zero-order chi connectivity index (χ0) is 26.5. The highest BCUT2D eigenvalue weighted by Gasteiger charge is 2.32. The van der Waals surface area contributed by atoms with E-state index in [1.807, 2.05) is 48.5 Å². The second-order valence-corrected chi connectivity index (χ2v) is 8.29. The van der Waals surface area contributed by atoms with E-state index in [0.717, 1.165) is 5.56 Å². The van der Waals surface area contributed by atoms with Gasteiger partial charge >= 0.3 is 0 Å². The molecule has 3 aromatic carbocycles. The molecular weight excluding hydrogens is 480 g/mol. The maximum atomic E-state index is 13.5. The van der Waals surface area contributed by atoms with Crippen molar-refractivity contribution in [2.75, 3.05) is 24.4 Å². The van der Waals surface area contributed by atoms with Gasteiger partial charge < -0.3 is 14.8 Å². The smallest absolute Gasteiger partial charge is 0.282 e. The average molecular weight is 505 g/mol. The average Bonchev–Trinajstić information content (AvgIpc) is 3.29. The zero-order valence-corrected chi connectivity index (χ0v) is 20.8. The Labute approximate surface area is 219 Å². The number of hydrogen-bond acceptors (Lipinski definition) is 6. The van der Waals surface area contributed by atoms with Gasteiger partial charge in [-0.15, -0.1) is 0 Å². The minimum Gasteiger partial charge on any atom is -0.497 e. The number of methoxy groups -OCH3 is 2. The molecule has 1 aliphatic heterocycles. The predicted molar refractivity (Wildman–Crippen MR) is 147 cm³/mol. The zero-order valence-electron chi connectivity index (χ0n) is 20.8.